The summed E-state index contributed by atoms with van der Waals surface area (Å²) in [4.78, 5) is 4.25. The second-order valence-corrected chi connectivity index (χ2v) is 7.41. The zero-order valence-corrected chi connectivity index (χ0v) is 9.18. The lowest BCUT2D eigenvalue weighted by Gasteiger charge is -2.01. The summed E-state index contributed by atoms with van der Waals surface area (Å²) in [7, 11) is 0.00198. The summed E-state index contributed by atoms with van der Waals surface area (Å²) in [6.45, 7) is 4.56. The quantitative estimate of drug-likeness (QED) is 0.666. The molecule has 0 atom stereocenters. The van der Waals surface area contributed by atoms with Crippen LogP contribution in [0.15, 0.2) is 29.4 Å². The molecule has 0 fully saturated rings. The van der Waals surface area contributed by atoms with Crippen molar-refractivity contribution in [1.29, 1.82) is 0 Å². The van der Waals surface area contributed by atoms with E-state index in [0.29, 0.717) is 0 Å². The molecule has 1 rings (SSSR count). The van der Waals surface area contributed by atoms with Gasteiger partial charge in [0.2, 0.25) is 0 Å². The van der Waals surface area contributed by atoms with Crippen LogP contribution in [0.4, 0.5) is 0 Å². The van der Waals surface area contributed by atoms with Crippen molar-refractivity contribution in [2.24, 2.45) is 0 Å². The van der Waals surface area contributed by atoms with E-state index in [4.69, 9.17) is 0 Å². The van der Waals surface area contributed by atoms with Crippen molar-refractivity contribution in [2.45, 2.75) is 24.4 Å². The Morgan fingerprint density at radius 2 is 2.27 bits per heavy atom. The SMILES string of the molecule is CC(C)[SiH2]Sc1ccccn1. The maximum atomic E-state index is 4.25. The highest BCUT2D eigenvalue weighted by Gasteiger charge is 1.97. The van der Waals surface area contributed by atoms with E-state index in [0.717, 1.165) is 5.54 Å². The summed E-state index contributed by atoms with van der Waals surface area (Å²) >= 11 is 1.96. The molecule has 60 valence electrons. The minimum Gasteiger partial charge on any atom is -0.251 e. The van der Waals surface area contributed by atoms with Crippen molar-refractivity contribution in [3.8, 4) is 0 Å². The van der Waals surface area contributed by atoms with E-state index >= 15 is 0 Å². The number of nitrogens with zero attached hydrogens (tertiary/aromatic N) is 1. The van der Waals surface area contributed by atoms with E-state index in [2.05, 4.69) is 24.9 Å². The van der Waals surface area contributed by atoms with Crippen LogP contribution in [0.3, 0.4) is 0 Å². The number of aromatic nitrogens is 1. The molecule has 0 unspecified atom stereocenters. The van der Waals surface area contributed by atoms with Gasteiger partial charge in [-0.1, -0.05) is 19.9 Å². The third-order valence-corrected chi connectivity index (χ3v) is 5.96. The molecule has 11 heavy (non-hydrogen) atoms. The Labute approximate surface area is 74.1 Å². The molecule has 0 saturated heterocycles. The van der Waals surface area contributed by atoms with Gasteiger partial charge in [0.05, 0.1) is 13.7 Å². The zero-order chi connectivity index (χ0) is 8.10. The first-order valence-electron chi connectivity index (χ1n) is 3.83. The summed E-state index contributed by atoms with van der Waals surface area (Å²) in [5.74, 6) is 0. The van der Waals surface area contributed by atoms with E-state index in [1.807, 2.05) is 29.5 Å². The summed E-state index contributed by atoms with van der Waals surface area (Å²) in [6, 6.07) is 6.09. The molecule has 3 heteroatoms. The monoisotopic (exact) mass is 183 g/mol. The van der Waals surface area contributed by atoms with Crippen LogP contribution in [0.1, 0.15) is 13.8 Å². The van der Waals surface area contributed by atoms with Crippen molar-refractivity contribution in [2.75, 3.05) is 0 Å². The highest BCUT2D eigenvalue weighted by atomic mass is 32.4. The van der Waals surface area contributed by atoms with Gasteiger partial charge in [0, 0.05) is 6.20 Å². The Balaban J connectivity index is 2.39. The molecule has 0 spiro atoms. The molecule has 1 heterocycles. The van der Waals surface area contributed by atoms with Gasteiger partial charge >= 0.3 is 0 Å². The zero-order valence-electron chi connectivity index (χ0n) is 6.95. The van der Waals surface area contributed by atoms with E-state index < -0.39 is 0 Å². The maximum Gasteiger partial charge on any atom is 0.0962 e. The molecular weight excluding hydrogens is 170 g/mol. The number of hydrogen-bond acceptors (Lipinski definition) is 2. The standard InChI is InChI=1S/C8H13NSSi/c1-7(2)11-10-8-5-3-4-6-9-8/h3-7H,11H2,1-2H3. The average molecular weight is 183 g/mol. The summed E-state index contributed by atoms with van der Waals surface area (Å²) < 4.78 is 0. The lowest BCUT2D eigenvalue weighted by atomic mass is 10.5. The number of rotatable bonds is 3. The molecule has 0 bridgehead atoms. The first-order chi connectivity index (χ1) is 5.29. The van der Waals surface area contributed by atoms with Crippen LogP contribution in [0.5, 0.6) is 0 Å². The summed E-state index contributed by atoms with van der Waals surface area (Å²) in [6.07, 6.45) is 1.86. The molecule has 1 nitrogen and oxygen atoms in total. The number of hydrogen-bond donors (Lipinski definition) is 0. The highest BCUT2D eigenvalue weighted by molar-refractivity contribution is 8.22. The molecule has 0 aliphatic heterocycles. The Hall–Kier alpha value is -0.283. The topological polar surface area (TPSA) is 12.9 Å². The van der Waals surface area contributed by atoms with Crippen molar-refractivity contribution < 1.29 is 0 Å². The van der Waals surface area contributed by atoms with Gasteiger partial charge in [0.1, 0.15) is 0 Å². The molecule has 0 aliphatic rings. The van der Waals surface area contributed by atoms with Crippen LogP contribution in [0.2, 0.25) is 5.54 Å². The Bertz CT molecular complexity index is 201. The second kappa shape index (κ2) is 4.57. The van der Waals surface area contributed by atoms with Crippen molar-refractivity contribution >= 4 is 19.9 Å². The van der Waals surface area contributed by atoms with E-state index in [1.54, 1.807) is 0 Å². The Morgan fingerprint density at radius 1 is 1.45 bits per heavy atom. The van der Waals surface area contributed by atoms with E-state index in [1.165, 1.54) is 5.03 Å². The molecule has 0 amide bonds. The second-order valence-electron chi connectivity index (χ2n) is 2.87. The Kier molecular flexibility index (Phi) is 3.66. The van der Waals surface area contributed by atoms with Crippen LogP contribution in [-0.2, 0) is 0 Å². The fraction of sp³-hybridized carbons (Fsp3) is 0.375. The fourth-order valence-corrected chi connectivity index (χ4v) is 3.52. The number of pyridine rings is 1. The van der Waals surface area contributed by atoms with Gasteiger partial charge in [0.15, 0.2) is 0 Å². The fourth-order valence-electron chi connectivity index (χ4n) is 0.685. The van der Waals surface area contributed by atoms with E-state index in [-0.39, 0.29) is 8.67 Å². The molecule has 0 saturated carbocycles. The molecule has 0 aliphatic carbocycles. The minimum atomic E-state index is 0.00198. The Morgan fingerprint density at radius 3 is 2.82 bits per heavy atom. The molecule has 1 aromatic heterocycles. The molecule has 1 aromatic rings. The summed E-state index contributed by atoms with van der Waals surface area (Å²) in [5, 5.41) is 1.19. The van der Waals surface area contributed by atoms with Crippen molar-refractivity contribution in [3.05, 3.63) is 24.4 Å². The third kappa shape index (κ3) is 3.58. The highest BCUT2D eigenvalue weighted by Crippen LogP contribution is 2.16. The molecule has 0 radical (unpaired) electrons. The van der Waals surface area contributed by atoms with Crippen LogP contribution in [0.25, 0.3) is 0 Å². The largest absolute Gasteiger partial charge is 0.251 e. The van der Waals surface area contributed by atoms with Gasteiger partial charge in [-0.3, -0.25) is 4.98 Å². The average Bonchev–Trinajstić information content (AvgIpc) is 2.03. The third-order valence-electron chi connectivity index (χ3n) is 1.20. The van der Waals surface area contributed by atoms with Gasteiger partial charge in [0.25, 0.3) is 0 Å². The maximum absolute atomic E-state index is 4.25. The molecule has 0 N–H and O–H groups in total. The molecule has 0 aromatic carbocycles. The van der Waals surface area contributed by atoms with Gasteiger partial charge < -0.3 is 0 Å². The smallest absolute Gasteiger partial charge is 0.0962 e. The van der Waals surface area contributed by atoms with Crippen LogP contribution < -0.4 is 0 Å². The van der Waals surface area contributed by atoms with Crippen LogP contribution in [0, 0.1) is 0 Å². The predicted octanol–water partition coefficient (Wildman–Crippen LogP) is 2.09. The predicted molar refractivity (Wildman–Crippen MR) is 53.7 cm³/mol. The van der Waals surface area contributed by atoms with Gasteiger partial charge in [-0.25, -0.2) is 0 Å². The first-order valence-corrected chi connectivity index (χ1v) is 7.36. The minimum absolute atomic E-state index is 0.00198. The van der Waals surface area contributed by atoms with Crippen LogP contribution >= 0.6 is 11.2 Å². The lowest BCUT2D eigenvalue weighted by molar-refractivity contribution is 1.07. The van der Waals surface area contributed by atoms with Gasteiger partial charge in [-0.15, -0.1) is 11.2 Å². The van der Waals surface area contributed by atoms with Crippen molar-refractivity contribution in [3.63, 3.8) is 0 Å². The van der Waals surface area contributed by atoms with Gasteiger partial charge in [-0.2, -0.15) is 0 Å². The van der Waals surface area contributed by atoms with Gasteiger partial charge in [-0.05, 0) is 17.7 Å². The summed E-state index contributed by atoms with van der Waals surface area (Å²) in [5.41, 5.74) is 0.877. The molecular formula is C8H13NSSi. The first kappa shape index (κ1) is 8.81. The van der Waals surface area contributed by atoms with Crippen molar-refractivity contribution in [1.82, 2.24) is 4.98 Å². The normalized spacial score (nSPS) is 11.5. The van der Waals surface area contributed by atoms with E-state index in [9.17, 15) is 0 Å². The lowest BCUT2D eigenvalue weighted by Crippen LogP contribution is -1.89. The van der Waals surface area contributed by atoms with Crippen LogP contribution in [-0.4, -0.2) is 13.7 Å².